The second-order valence-electron chi connectivity index (χ2n) is 3.70. The molecule has 0 spiro atoms. The van der Waals surface area contributed by atoms with Gasteiger partial charge < -0.3 is 15.1 Å². The Morgan fingerprint density at radius 1 is 0.944 bits per heavy atom. The highest BCUT2D eigenvalue weighted by Crippen LogP contribution is 2.30. The zero-order valence-electron chi connectivity index (χ0n) is 9.66. The summed E-state index contributed by atoms with van der Waals surface area (Å²) in [5.41, 5.74) is 1.17. The number of hydrogen-bond acceptors (Lipinski definition) is 5. The lowest BCUT2D eigenvalue weighted by Gasteiger charge is -2.04. The summed E-state index contributed by atoms with van der Waals surface area (Å²) in [7, 11) is 0. The van der Waals surface area contributed by atoms with E-state index in [1.54, 1.807) is 0 Å². The van der Waals surface area contributed by atoms with Crippen LogP contribution < -0.4 is 4.89 Å². The molecule has 5 heteroatoms. The van der Waals surface area contributed by atoms with Gasteiger partial charge in [0.05, 0.1) is 12.0 Å². The molecular weight excluding hydrogens is 252 g/mol. The van der Waals surface area contributed by atoms with Crippen molar-refractivity contribution in [1.82, 2.24) is 0 Å². The summed E-state index contributed by atoms with van der Waals surface area (Å²) in [6.07, 6.45) is 0. The van der Waals surface area contributed by atoms with Gasteiger partial charge in [0.2, 0.25) is 0 Å². The summed E-state index contributed by atoms with van der Waals surface area (Å²) in [5, 5.41) is 18.4. The summed E-state index contributed by atoms with van der Waals surface area (Å²) in [6, 6.07) is 11.9. The largest absolute Gasteiger partial charge is 0.504 e. The highest BCUT2D eigenvalue weighted by Gasteiger charge is 2.03. The van der Waals surface area contributed by atoms with Gasteiger partial charge >= 0.3 is 0 Å². The van der Waals surface area contributed by atoms with Gasteiger partial charge in [-0.05, 0) is 31.2 Å². The Morgan fingerprint density at radius 2 is 1.67 bits per heavy atom. The van der Waals surface area contributed by atoms with E-state index in [0.29, 0.717) is 5.75 Å². The lowest BCUT2D eigenvalue weighted by atomic mass is 10.2. The van der Waals surface area contributed by atoms with Crippen LogP contribution in [0, 0.1) is 6.92 Å². The third kappa shape index (κ3) is 3.32. The Hall–Kier alpha value is -1.85. The van der Waals surface area contributed by atoms with Gasteiger partial charge in [-0.3, -0.25) is 0 Å². The van der Waals surface area contributed by atoms with Crippen molar-refractivity contribution in [3.63, 3.8) is 0 Å². The van der Waals surface area contributed by atoms with E-state index in [-0.39, 0.29) is 11.5 Å². The molecule has 2 rings (SSSR count). The van der Waals surface area contributed by atoms with E-state index in [2.05, 4.69) is 0 Å². The number of benzene rings is 2. The second kappa shape index (κ2) is 5.66. The Labute approximate surface area is 109 Å². The third-order valence-electron chi connectivity index (χ3n) is 2.23. The monoisotopic (exact) mass is 264 g/mol. The highest BCUT2D eigenvalue weighted by atomic mass is 32.2. The Bertz CT molecular complexity index is 525. The minimum absolute atomic E-state index is 0.200. The highest BCUT2D eigenvalue weighted by molar-refractivity contribution is 7.94. The zero-order chi connectivity index (χ0) is 13.0. The normalized spacial score (nSPS) is 10.3. The average molecular weight is 264 g/mol. The molecule has 0 heterocycles. The molecule has 0 unspecified atom stereocenters. The van der Waals surface area contributed by atoms with E-state index < -0.39 is 0 Å². The van der Waals surface area contributed by atoms with Gasteiger partial charge in [-0.25, -0.2) is 0 Å². The number of phenolic OH excluding ortho intramolecular Hbond substituents is 2. The number of aromatic hydroxyl groups is 2. The van der Waals surface area contributed by atoms with Gasteiger partial charge in [-0.1, -0.05) is 17.7 Å². The van der Waals surface area contributed by atoms with E-state index in [9.17, 15) is 5.11 Å². The molecule has 4 nitrogen and oxygen atoms in total. The third-order valence-corrected chi connectivity index (χ3v) is 2.83. The molecule has 0 saturated carbocycles. The van der Waals surface area contributed by atoms with Crippen LogP contribution in [0.25, 0.3) is 0 Å². The Balaban J connectivity index is 1.88. The summed E-state index contributed by atoms with van der Waals surface area (Å²) in [4.78, 5) is 5.87. The molecule has 0 radical (unpaired) electrons. The molecule has 2 N–H and O–H groups in total. The van der Waals surface area contributed by atoms with E-state index in [1.807, 2.05) is 31.2 Å². The average Bonchev–Trinajstić information content (AvgIpc) is 2.36. The molecule has 0 aliphatic heterocycles. The van der Waals surface area contributed by atoms with Crippen molar-refractivity contribution in [3.05, 3.63) is 48.0 Å². The van der Waals surface area contributed by atoms with Crippen molar-refractivity contribution in [1.29, 1.82) is 0 Å². The lowest BCUT2D eigenvalue weighted by Crippen LogP contribution is -1.89. The summed E-state index contributed by atoms with van der Waals surface area (Å²) >= 11 is 1.07. The van der Waals surface area contributed by atoms with E-state index >= 15 is 0 Å². The summed E-state index contributed by atoms with van der Waals surface area (Å²) < 4.78 is 4.96. The van der Waals surface area contributed by atoms with E-state index in [0.717, 1.165) is 16.9 Å². The maximum absolute atomic E-state index is 9.25. The van der Waals surface area contributed by atoms with Crippen LogP contribution in [0.4, 0.5) is 0 Å². The van der Waals surface area contributed by atoms with E-state index in [1.165, 1.54) is 23.8 Å². The van der Waals surface area contributed by atoms with Gasteiger partial charge in [-0.15, -0.1) is 4.33 Å². The van der Waals surface area contributed by atoms with Crippen LogP contribution in [0.3, 0.4) is 0 Å². The SMILES string of the molecule is Cc1ccc(SOOc2ccc(O)c(O)c2)cc1. The Morgan fingerprint density at radius 3 is 2.33 bits per heavy atom. The molecular formula is C13H12O4S. The van der Waals surface area contributed by atoms with Crippen molar-refractivity contribution >= 4 is 12.0 Å². The fourth-order valence-electron chi connectivity index (χ4n) is 1.24. The smallest absolute Gasteiger partial charge is 0.170 e. The number of phenols is 2. The van der Waals surface area contributed by atoms with Crippen molar-refractivity contribution < 1.29 is 19.4 Å². The summed E-state index contributed by atoms with van der Waals surface area (Å²) in [6.45, 7) is 2.00. The van der Waals surface area contributed by atoms with Gasteiger partial charge in [-0.2, -0.15) is 0 Å². The van der Waals surface area contributed by atoms with Crippen LogP contribution in [0.15, 0.2) is 47.4 Å². The molecule has 94 valence electrons. The number of hydrogen-bond donors (Lipinski definition) is 2. The standard InChI is InChI=1S/C13H12O4S/c1-9-2-5-11(6-3-9)18-17-16-10-4-7-12(14)13(15)8-10/h2-8,14-15H,1H3. The molecule has 0 aromatic heterocycles. The van der Waals surface area contributed by atoms with Crippen molar-refractivity contribution in [2.45, 2.75) is 11.8 Å². The molecule has 0 fully saturated rings. The van der Waals surface area contributed by atoms with Gasteiger partial charge in [0.15, 0.2) is 17.2 Å². The van der Waals surface area contributed by atoms with Gasteiger partial charge in [0.25, 0.3) is 0 Å². The molecule has 0 aliphatic carbocycles. The topological polar surface area (TPSA) is 58.9 Å². The first-order chi connectivity index (χ1) is 8.65. The fraction of sp³-hybridized carbons (Fsp3) is 0.0769. The van der Waals surface area contributed by atoms with Crippen LogP contribution in [0.1, 0.15) is 5.56 Å². The minimum Gasteiger partial charge on any atom is -0.504 e. The molecule has 2 aromatic rings. The maximum atomic E-state index is 9.25. The first-order valence-electron chi connectivity index (χ1n) is 5.25. The van der Waals surface area contributed by atoms with Gasteiger partial charge in [0, 0.05) is 11.0 Å². The first kappa shape index (κ1) is 12.6. The van der Waals surface area contributed by atoms with Crippen LogP contribution in [0.5, 0.6) is 17.2 Å². The van der Waals surface area contributed by atoms with Crippen LogP contribution >= 0.6 is 12.0 Å². The molecule has 18 heavy (non-hydrogen) atoms. The second-order valence-corrected chi connectivity index (χ2v) is 4.47. The lowest BCUT2D eigenvalue weighted by molar-refractivity contribution is -0.0779. The minimum atomic E-state index is -0.253. The summed E-state index contributed by atoms with van der Waals surface area (Å²) in [5.74, 6) is -0.144. The van der Waals surface area contributed by atoms with Gasteiger partial charge in [0.1, 0.15) is 0 Å². The van der Waals surface area contributed by atoms with Crippen LogP contribution in [-0.4, -0.2) is 10.2 Å². The molecule has 2 aromatic carbocycles. The predicted molar refractivity (Wildman–Crippen MR) is 68.5 cm³/mol. The molecule has 0 saturated heterocycles. The van der Waals surface area contributed by atoms with Crippen LogP contribution in [0.2, 0.25) is 0 Å². The molecule has 0 atom stereocenters. The number of rotatable bonds is 4. The maximum Gasteiger partial charge on any atom is 0.170 e. The Kier molecular flexibility index (Phi) is 3.96. The van der Waals surface area contributed by atoms with Crippen LogP contribution in [-0.2, 0) is 4.33 Å². The fourth-order valence-corrected chi connectivity index (χ4v) is 1.68. The molecule has 0 aliphatic rings. The quantitative estimate of drug-likeness (QED) is 0.383. The molecule has 0 bridgehead atoms. The molecule has 0 amide bonds. The van der Waals surface area contributed by atoms with Crippen molar-refractivity contribution in [2.75, 3.05) is 0 Å². The van der Waals surface area contributed by atoms with Crippen molar-refractivity contribution in [2.24, 2.45) is 0 Å². The number of aryl methyl sites for hydroxylation is 1. The predicted octanol–water partition coefficient (Wildman–Crippen LogP) is 3.42. The van der Waals surface area contributed by atoms with E-state index in [4.69, 9.17) is 14.3 Å². The zero-order valence-corrected chi connectivity index (χ0v) is 10.5. The first-order valence-corrected chi connectivity index (χ1v) is 5.99. The van der Waals surface area contributed by atoms with Crippen molar-refractivity contribution in [3.8, 4) is 17.2 Å².